The van der Waals surface area contributed by atoms with Gasteiger partial charge in [0.25, 0.3) is 5.91 Å². The first-order chi connectivity index (χ1) is 27.5. The number of fused-ring (bicyclic) bond motifs is 5. The number of methoxy groups -OCH3 is 1. The molecule has 5 fully saturated rings. The maximum atomic E-state index is 14.8. The molecule has 1 aromatic carbocycles. The minimum absolute atomic E-state index is 0.00195. The van der Waals surface area contributed by atoms with Crippen LogP contribution in [0.2, 0.25) is 0 Å². The van der Waals surface area contributed by atoms with E-state index in [4.69, 9.17) is 23.9 Å². The summed E-state index contributed by atoms with van der Waals surface area (Å²) in [6, 6.07) is 5.46. The average Bonchev–Trinajstić information content (AvgIpc) is 3.98. The highest BCUT2D eigenvalue weighted by Gasteiger charge is 2.62. The van der Waals surface area contributed by atoms with E-state index in [1.165, 1.54) is 11.0 Å². The maximum absolute atomic E-state index is 14.8. The zero-order valence-electron chi connectivity index (χ0n) is 32.2. The fourth-order valence-electron chi connectivity index (χ4n) is 8.87. The van der Waals surface area contributed by atoms with Gasteiger partial charge < -0.3 is 34.5 Å². The van der Waals surface area contributed by atoms with Gasteiger partial charge in [-0.05, 0) is 75.5 Å². The van der Waals surface area contributed by atoms with Gasteiger partial charge in [0.15, 0.2) is 0 Å². The summed E-state index contributed by atoms with van der Waals surface area (Å²) in [5.74, 6) is -1.70. The molecule has 2 saturated heterocycles. The average molecular weight is 806 g/mol. The Bertz CT molecular complexity index is 2070. The lowest BCUT2D eigenvalue weighted by Gasteiger charge is -2.32. The molecular formula is C41H51N5O10S. The molecule has 6 aliphatic rings. The van der Waals surface area contributed by atoms with Gasteiger partial charge in [0, 0.05) is 35.3 Å². The third-order valence-electron chi connectivity index (χ3n) is 12.4. The van der Waals surface area contributed by atoms with E-state index in [9.17, 15) is 27.6 Å². The van der Waals surface area contributed by atoms with Gasteiger partial charge in [-0.1, -0.05) is 31.1 Å². The van der Waals surface area contributed by atoms with E-state index < -0.39 is 74.8 Å². The standard InChI is InChI=1S/C41H51N5O10S/c1-3-28-20-41(28,39(49)45-57(51,52)31-15-16-31)44-36(47)33-19-30-21-46(33)38(48)35(24-9-7-8-10-24)43-40(50)56-34-23-54-22-27(34)12-6-4-5-11-26-17-25-13-14-29(53-2)18-32(25)42-37(26)55-30/h3,5,11,13-14,17-18,24,27-28,30-31,33-35H,1,4,6-10,12,15-16,19-23H2,2H3,(H,43,50)(H,44,47)(H,45,49)/t27-,28+,30+,33-,34-,35-,41+/m0/s1. The first-order valence-electron chi connectivity index (χ1n) is 20.2. The number of nitrogens with zero attached hydrogens (tertiary/aromatic N) is 2. The van der Waals surface area contributed by atoms with Crippen LogP contribution in [0.4, 0.5) is 4.79 Å². The van der Waals surface area contributed by atoms with Gasteiger partial charge in [0.1, 0.15) is 35.6 Å². The fourth-order valence-corrected chi connectivity index (χ4v) is 10.2. The molecule has 4 heterocycles. The Kier molecular flexibility index (Phi) is 10.9. The molecule has 0 spiro atoms. The number of carbonyl (C=O) groups excluding carboxylic acids is 4. The van der Waals surface area contributed by atoms with Crippen LogP contribution in [0.5, 0.6) is 11.6 Å². The van der Waals surface area contributed by atoms with Crippen molar-refractivity contribution in [2.75, 3.05) is 26.9 Å². The van der Waals surface area contributed by atoms with Crippen LogP contribution in [-0.4, -0.2) is 104 Å². The van der Waals surface area contributed by atoms with Gasteiger partial charge in [-0.15, -0.1) is 6.58 Å². The predicted octanol–water partition coefficient (Wildman–Crippen LogP) is 3.76. The van der Waals surface area contributed by atoms with Crippen LogP contribution in [-0.2, 0) is 33.9 Å². The third-order valence-corrected chi connectivity index (χ3v) is 14.3. The molecule has 2 aromatic rings. The summed E-state index contributed by atoms with van der Waals surface area (Å²) >= 11 is 0. The van der Waals surface area contributed by atoms with Crippen molar-refractivity contribution < 1.29 is 46.5 Å². The normalized spacial score (nSPS) is 30.9. The van der Waals surface area contributed by atoms with Crippen molar-refractivity contribution >= 4 is 50.8 Å². The van der Waals surface area contributed by atoms with Crippen molar-refractivity contribution in [3.63, 3.8) is 0 Å². The maximum Gasteiger partial charge on any atom is 0.408 e. The second-order valence-electron chi connectivity index (χ2n) is 16.3. The second-order valence-corrected chi connectivity index (χ2v) is 18.3. The Morgan fingerprint density at radius 3 is 2.58 bits per heavy atom. The Morgan fingerprint density at radius 1 is 1.05 bits per heavy atom. The van der Waals surface area contributed by atoms with E-state index in [0.717, 1.165) is 43.1 Å². The first-order valence-corrected chi connectivity index (χ1v) is 21.7. The van der Waals surface area contributed by atoms with E-state index in [-0.39, 0.29) is 37.8 Å². The summed E-state index contributed by atoms with van der Waals surface area (Å²) in [4.78, 5) is 62.8. The van der Waals surface area contributed by atoms with E-state index in [0.29, 0.717) is 49.4 Å². The molecular weight excluding hydrogens is 755 g/mol. The molecule has 3 N–H and O–H groups in total. The van der Waals surface area contributed by atoms with Crippen LogP contribution in [0.1, 0.15) is 76.2 Å². The van der Waals surface area contributed by atoms with Gasteiger partial charge in [-0.2, -0.15) is 0 Å². The minimum atomic E-state index is -3.91. The molecule has 4 amide bonds. The van der Waals surface area contributed by atoms with Crippen LogP contribution in [0, 0.1) is 17.8 Å². The molecule has 306 valence electrons. The molecule has 15 nitrogen and oxygen atoms in total. The molecule has 57 heavy (non-hydrogen) atoms. The van der Waals surface area contributed by atoms with Crippen molar-refractivity contribution in [3.8, 4) is 11.6 Å². The van der Waals surface area contributed by atoms with Gasteiger partial charge in [0.2, 0.25) is 27.7 Å². The quantitative estimate of drug-likeness (QED) is 0.330. The molecule has 8 rings (SSSR count). The van der Waals surface area contributed by atoms with Crippen molar-refractivity contribution in [3.05, 3.63) is 48.6 Å². The Morgan fingerprint density at radius 2 is 1.84 bits per heavy atom. The number of amides is 4. The number of rotatable bonds is 8. The zero-order valence-corrected chi connectivity index (χ0v) is 33.0. The van der Waals surface area contributed by atoms with E-state index in [1.807, 2.05) is 36.4 Å². The third kappa shape index (κ3) is 8.20. The van der Waals surface area contributed by atoms with Crippen LogP contribution >= 0.6 is 0 Å². The molecule has 7 atom stereocenters. The number of alkyl carbamates (subject to hydrolysis) is 1. The Labute approximate surface area is 332 Å². The molecule has 3 saturated carbocycles. The lowest BCUT2D eigenvalue weighted by atomic mass is 9.96. The largest absolute Gasteiger partial charge is 0.497 e. The Hall–Kier alpha value is -4.70. The summed E-state index contributed by atoms with van der Waals surface area (Å²) in [5.41, 5.74) is -0.191. The smallest absolute Gasteiger partial charge is 0.408 e. The lowest BCUT2D eigenvalue weighted by molar-refractivity contribution is -0.142. The number of nitrogens with one attached hydrogen (secondary N) is 3. The summed E-state index contributed by atoms with van der Waals surface area (Å²) in [6.07, 6.45) is 10.3. The van der Waals surface area contributed by atoms with Crippen molar-refractivity contribution in [1.82, 2.24) is 25.2 Å². The molecule has 3 aliphatic carbocycles. The monoisotopic (exact) mass is 805 g/mol. The molecule has 16 heteroatoms. The highest BCUT2D eigenvalue weighted by atomic mass is 32.2. The number of carbonyl (C=O) groups is 4. The summed E-state index contributed by atoms with van der Waals surface area (Å²) in [5, 5.41) is 5.97. The highest BCUT2D eigenvalue weighted by Crippen LogP contribution is 2.46. The van der Waals surface area contributed by atoms with Crippen molar-refractivity contribution in [2.24, 2.45) is 17.8 Å². The number of hydrogen-bond acceptors (Lipinski definition) is 11. The van der Waals surface area contributed by atoms with Crippen molar-refractivity contribution in [2.45, 2.75) is 106 Å². The molecule has 1 aromatic heterocycles. The molecule has 2 bridgehead atoms. The van der Waals surface area contributed by atoms with Crippen LogP contribution in [0.25, 0.3) is 17.0 Å². The molecule has 0 radical (unpaired) electrons. The van der Waals surface area contributed by atoms with Crippen LogP contribution in [0.15, 0.2) is 43.0 Å². The number of allylic oxidation sites excluding steroid dienone is 1. The number of pyridine rings is 1. The second kappa shape index (κ2) is 15.9. The highest BCUT2D eigenvalue weighted by molar-refractivity contribution is 7.91. The van der Waals surface area contributed by atoms with Gasteiger partial charge >= 0.3 is 6.09 Å². The lowest BCUT2D eigenvalue weighted by Crippen LogP contribution is -2.59. The van der Waals surface area contributed by atoms with Crippen molar-refractivity contribution in [1.29, 1.82) is 0 Å². The van der Waals surface area contributed by atoms with E-state index in [1.54, 1.807) is 7.11 Å². The topological polar surface area (TPSA) is 192 Å². The molecule has 0 unspecified atom stereocenters. The number of hydrogen-bond donors (Lipinski definition) is 3. The van der Waals surface area contributed by atoms with Gasteiger partial charge in [-0.25, -0.2) is 18.2 Å². The number of benzene rings is 1. The zero-order chi connectivity index (χ0) is 39.9. The SMILES string of the molecule is C=C[C@@H]1C[C@]1(NC(=O)[C@@H]1C[C@@H]2CN1C(=O)[C@H](C1CCCC1)NC(=O)O[C@H]1COC[C@@H]1CCCC=Cc1cc3ccc(OC)cc3nc1O2)C(=O)NS(=O)(=O)C1CC1. The number of sulfonamides is 1. The number of aromatic nitrogens is 1. The summed E-state index contributed by atoms with van der Waals surface area (Å²) in [7, 11) is -2.33. The first kappa shape index (κ1) is 39.1. The van der Waals surface area contributed by atoms with Crippen LogP contribution in [0.3, 0.4) is 0 Å². The van der Waals surface area contributed by atoms with Gasteiger partial charge in [-0.3, -0.25) is 19.1 Å². The summed E-state index contributed by atoms with van der Waals surface area (Å²) < 4.78 is 51.5. The van der Waals surface area contributed by atoms with Crippen LogP contribution < -0.4 is 24.8 Å². The number of ether oxygens (including phenoxy) is 4. The predicted molar refractivity (Wildman–Crippen MR) is 208 cm³/mol. The van der Waals surface area contributed by atoms with E-state index >= 15 is 0 Å². The van der Waals surface area contributed by atoms with E-state index in [2.05, 4.69) is 21.9 Å². The van der Waals surface area contributed by atoms with Gasteiger partial charge in [0.05, 0.1) is 37.6 Å². The Balaban J connectivity index is 1.14. The fraction of sp³-hybridized carbons (Fsp3) is 0.585. The molecule has 3 aliphatic heterocycles. The minimum Gasteiger partial charge on any atom is -0.497 e. The summed E-state index contributed by atoms with van der Waals surface area (Å²) in [6.45, 7) is 4.52.